The molecule has 2 aliphatic heterocycles. The van der Waals surface area contributed by atoms with Gasteiger partial charge in [-0.3, -0.25) is 9.80 Å². The van der Waals surface area contributed by atoms with Crippen LogP contribution in [0.25, 0.3) is 22.3 Å². The van der Waals surface area contributed by atoms with E-state index < -0.39 is 11.6 Å². The molecule has 1 saturated heterocycles. The number of nitrogens with one attached hydrogen (secondary N) is 1. The monoisotopic (exact) mass is 562 g/mol. The van der Waals surface area contributed by atoms with Crippen LogP contribution in [0.1, 0.15) is 37.9 Å². The smallest absolute Gasteiger partial charge is 0.229 e. The third kappa shape index (κ3) is 5.79. The fraction of sp³-hybridized carbons (Fsp3) is 0.467. The van der Waals surface area contributed by atoms with Crippen LogP contribution in [-0.4, -0.2) is 80.2 Å². The Morgan fingerprint density at radius 1 is 0.951 bits per heavy atom. The predicted molar refractivity (Wildman–Crippen MR) is 154 cm³/mol. The van der Waals surface area contributed by atoms with E-state index in [1.807, 2.05) is 38.3 Å². The molecule has 1 aromatic carbocycles. The highest BCUT2D eigenvalue weighted by atomic mass is 19.1. The average Bonchev–Trinajstić information content (AvgIpc) is 3.30. The van der Waals surface area contributed by atoms with Gasteiger partial charge in [0.25, 0.3) is 0 Å². The number of ether oxygens (including phenoxy) is 1. The van der Waals surface area contributed by atoms with E-state index in [9.17, 15) is 4.39 Å². The summed E-state index contributed by atoms with van der Waals surface area (Å²) in [6, 6.07) is 6.99. The number of hydrogen-bond donors (Lipinski definition) is 1. The summed E-state index contributed by atoms with van der Waals surface area (Å²) in [7, 11) is 0. The zero-order valence-electron chi connectivity index (χ0n) is 24.0. The van der Waals surface area contributed by atoms with Crippen molar-refractivity contribution < 1.29 is 13.5 Å². The maximum absolute atomic E-state index is 15.1. The molecule has 3 aromatic heterocycles. The standard InChI is InChI=1S/C30H36F2N8O/c1-19-34-28-22(31)15-21(16-25(28)40(19)30(2,3)4)27-23(32)17-33-29(37-27)36-26-6-5-20-18-39(8-7-24(20)35-26)10-9-38-11-13-41-14-12-38/h5-6,15-17H,7-14,18H2,1-4H3,(H,33,35,36,37). The highest BCUT2D eigenvalue weighted by Crippen LogP contribution is 2.32. The summed E-state index contributed by atoms with van der Waals surface area (Å²) in [5.41, 5.74) is 3.09. The molecular weight excluding hydrogens is 526 g/mol. The minimum absolute atomic E-state index is 0.0106. The van der Waals surface area contributed by atoms with Crippen LogP contribution in [0, 0.1) is 18.6 Å². The van der Waals surface area contributed by atoms with Gasteiger partial charge in [-0.2, -0.15) is 0 Å². The van der Waals surface area contributed by atoms with Crippen LogP contribution in [0.15, 0.2) is 30.5 Å². The first kappa shape index (κ1) is 27.6. The van der Waals surface area contributed by atoms with Crippen LogP contribution in [0.4, 0.5) is 20.5 Å². The Morgan fingerprint density at radius 2 is 1.73 bits per heavy atom. The molecule has 0 atom stereocenters. The summed E-state index contributed by atoms with van der Waals surface area (Å²) in [5, 5.41) is 3.12. The lowest BCUT2D eigenvalue weighted by Gasteiger charge is -2.32. The van der Waals surface area contributed by atoms with Gasteiger partial charge in [0.1, 0.15) is 22.9 Å². The zero-order valence-corrected chi connectivity index (χ0v) is 24.0. The van der Waals surface area contributed by atoms with Crippen molar-refractivity contribution in [1.82, 2.24) is 34.3 Å². The first-order valence-electron chi connectivity index (χ1n) is 14.2. The van der Waals surface area contributed by atoms with Gasteiger partial charge in [0.15, 0.2) is 11.6 Å². The molecule has 0 radical (unpaired) electrons. The van der Waals surface area contributed by atoms with Crippen molar-refractivity contribution in [3.05, 3.63) is 59.2 Å². The first-order valence-corrected chi connectivity index (χ1v) is 14.2. The molecule has 9 nitrogen and oxygen atoms in total. The number of hydrogen-bond acceptors (Lipinski definition) is 8. The zero-order chi connectivity index (χ0) is 28.7. The number of pyridine rings is 1. The molecule has 41 heavy (non-hydrogen) atoms. The number of rotatable bonds is 6. The number of morpholine rings is 1. The molecule has 0 bridgehead atoms. The Balaban J connectivity index is 1.20. The Morgan fingerprint density at radius 3 is 2.51 bits per heavy atom. The molecule has 0 saturated carbocycles. The van der Waals surface area contributed by atoms with E-state index in [-0.39, 0.29) is 22.7 Å². The van der Waals surface area contributed by atoms with Gasteiger partial charge < -0.3 is 14.6 Å². The second-order valence-electron chi connectivity index (χ2n) is 11.8. The van der Waals surface area contributed by atoms with Gasteiger partial charge in [0.2, 0.25) is 5.95 Å². The van der Waals surface area contributed by atoms with Crippen LogP contribution in [-0.2, 0) is 23.2 Å². The van der Waals surface area contributed by atoms with Gasteiger partial charge in [0, 0.05) is 62.5 Å². The summed E-state index contributed by atoms with van der Waals surface area (Å²) in [5.74, 6) is 0.312. The maximum atomic E-state index is 15.1. The minimum Gasteiger partial charge on any atom is -0.379 e. The van der Waals surface area contributed by atoms with Crippen LogP contribution in [0.5, 0.6) is 0 Å². The van der Waals surface area contributed by atoms with E-state index in [0.717, 1.165) is 70.8 Å². The summed E-state index contributed by atoms with van der Waals surface area (Å²) >= 11 is 0. The lowest BCUT2D eigenvalue weighted by molar-refractivity contribution is 0.0326. The molecule has 6 rings (SSSR count). The fourth-order valence-corrected chi connectivity index (χ4v) is 5.82. The van der Waals surface area contributed by atoms with Gasteiger partial charge in [-0.15, -0.1) is 0 Å². The van der Waals surface area contributed by atoms with Crippen LogP contribution >= 0.6 is 0 Å². The van der Waals surface area contributed by atoms with Crippen molar-refractivity contribution in [2.24, 2.45) is 0 Å². The maximum Gasteiger partial charge on any atom is 0.229 e. The summed E-state index contributed by atoms with van der Waals surface area (Å²) in [4.78, 5) is 22.7. The molecule has 1 N–H and O–H groups in total. The number of aryl methyl sites for hydroxylation is 1. The van der Waals surface area contributed by atoms with Crippen molar-refractivity contribution in [3.63, 3.8) is 0 Å². The number of anilines is 2. The molecule has 0 spiro atoms. The van der Waals surface area contributed by atoms with Gasteiger partial charge in [-0.1, -0.05) is 6.07 Å². The number of imidazole rings is 1. The van der Waals surface area contributed by atoms with Crippen LogP contribution in [0.3, 0.4) is 0 Å². The highest BCUT2D eigenvalue weighted by Gasteiger charge is 2.24. The molecule has 4 aromatic rings. The number of halogens is 2. The molecule has 2 aliphatic rings. The largest absolute Gasteiger partial charge is 0.379 e. The van der Waals surface area contributed by atoms with E-state index in [1.54, 1.807) is 6.07 Å². The van der Waals surface area contributed by atoms with E-state index in [4.69, 9.17) is 9.72 Å². The Kier molecular flexibility index (Phi) is 7.43. The third-order valence-electron chi connectivity index (χ3n) is 7.77. The summed E-state index contributed by atoms with van der Waals surface area (Å²) < 4.78 is 37.5. The number of nitrogens with zero attached hydrogens (tertiary/aromatic N) is 7. The van der Waals surface area contributed by atoms with Crippen LogP contribution in [0.2, 0.25) is 0 Å². The van der Waals surface area contributed by atoms with E-state index >= 15 is 4.39 Å². The van der Waals surface area contributed by atoms with Crippen molar-refractivity contribution in [2.75, 3.05) is 51.3 Å². The second kappa shape index (κ2) is 11.0. The number of fused-ring (bicyclic) bond motifs is 2. The van der Waals surface area contributed by atoms with Gasteiger partial charge in [-0.05, 0) is 51.5 Å². The van der Waals surface area contributed by atoms with Crippen LogP contribution < -0.4 is 5.32 Å². The second-order valence-corrected chi connectivity index (χ2v) is 11.8. The fourth-order valence-electron chi connectivity index (χ4n) is 5.82. The summed E-state index contributed by atoms with van der Waals surface area (Å²) in [6.45, 7) is 15.4. The molecule has 216 valence electrons. The highest BCUT2D eigenvalue weighted by molar-refractivity contribution is 5.83. The molecule has 1 fully saturated rings. The molecule has 11 heteroatoms. The predicted octanol–water partition coefficient (Wildman–Crippen LogP) is 4.66. The van der Waals surface area contributed by atoms with Crippen molar-refractivity contribution in [2.45, 2.75) is 46.2 Å². The average molecular weight is 563 g/mol. The normalized spacial score (nSPS) is 16.7. The Labute approximate surface area is 238 Å². The van der Waals surface area contributed by atoms with E-state index in [1.165, 1.54) is 11.6 Å². The van der Waals surface area contributed by atoms with Crippen molar-refractivity contribution in [1.29, 1.82) is 0 Å². The van der Waals surface area contributed by atoms with Gasteiger partial charge in [-0.25, -0.2) is 28.7 Å². The quantitative estimate of drug-likeness (QED) is 0.363. The molecule has 0 amide bonds. The van der Waals surface area contributed by atoms with E-state index in [2.05, 4.69) is 36.1 Å². The third-order valence-corrected chi connectivity index (χ3v) is 7.77. The molecule has 5 heterocycles. The molecule has 0 aliphatic carbocycles. The lowest BCUT2D eigenvalue weighted by atomic mass is 10.1. The topological polar surface area (TPSA) is 84.2 Å². The van der Waals surface area contributed by atoms with Crippen molar-refractivity contribution in [3.8, 4) is 11.3 Å². The number of aromatic nitrogens is 5. The molecular formula is C30H36F2N8O. The summed E-state index contributed by atoms with van der Waals surface area (Å²) in [6.07, 6.45) is 1.95. The SMILES string of the molecule is Cc1nc2c(F)cc(-c3nc(Nc4ccc5c(n4)CCN(CCN4CCOCC4)C5)ncc3F)cc2n1C(C)(C)C. The lowest BCUT2D eigenvalue weighted by Crippen LogP contribution is -2.42. The number of benzene rings is 1. The van der Waals surface area contributed by atoms with E-state index in [0.29, 0.717) is 22.7 Å². The Hall–Kier alpha value is -3.54. The van der Waals surface area contributed by atoms with Gasteiger partial charge >= 0.3 is 0 Å². The van der Waals surface area contributed by atoms with Crippen molar-refractivity contribution >= 4 is 22.8 Å². The minimum atomic E-state index is -0.636. The Bertz CT molecular complexity index is 1580. The van der Waals surface area contributed by atoms with Gasteiger partial charge in [0.05, 0.1) is 24.9 Å². The molecule has 0 unspecified atom stereocenters. The first-order chi connectivity index (χ1) is 19.7.